The van der Waals surface area contributed by atoms with Crippen molar-refractivity contribution in [2.45, 2.75) is 155 Å². The van der Waals surface area contributed by atoms with Gasteiger partial charge in [0.05, 0.1) is 12.2 Å². The normalized spacial score (nSPS) is 15.0. The van der Waals surface area contributed by atoms with Crippen LogP contribution < -0.4 is 0 Å². The fourth-order valence-corrected chi connectivity index (χ4v) is 6.85. The van der Waals surface area contributed by atoms with Crippen LogP contribution in [0.4, 0.5) is 0 Å². The average molecular weight is 531 g/mol. The quantitative estimate of drug-likeness (QED) is 0.0894. The summed E-state index contributed by atoms with van der Waals surface area (Å²) in [6, 6.07) is 0. The molecule has 0 rings (SSSR count). The monoisotopic (exact) mass is 530 g/mol. The van der Waals surface area contributed by atoms with Crippen molar-refractivity contribution in [1.82, 2.24) is 0 Å². The van der Waals surface area contributed by atoms with E-state index >= 15 is 0 Å². The third-order valence-electron chi connectivity index (χ3n) is 5.18. The van der Waals surface area contributed by atoms with E-state index in [1.54, 1.807) is 0 Å². The van der Waals surface area contributed by atoms with Gasteiger partial charge in [0.2, 0.25) is 8.32 Å². The fraction of sp³-hybridized carbons (Fsp3) is 0.889. The van der Waals surface area contributed by atoms with Crippen LogP contribution >= 0.6 is 0 Å². The Hall–Kier alpha value is -0.219. The van der Waals surface area contributed by atoms with Gasteiger partial charge in [-0.05, 0) is 78.2 Å². The molecule has 0 aromatic carbocycles. The molecule has 0 saturated heterocycles. The van der Waals surface area contributed by atoms with Gasteiger partial charge in [0, 0.05) is 6.42 Å². The maximum absolute atomic E-state index is 11.8. The van der Waals surface area contributed by atoms with Crippen LogP contribution in [0.2, 0.25) is 58.9 Å². The summed E-state index contributed by atoms with van der Waals surface area (Å²) in [7, 11) is -4.92. The molecule has 0 aliphatic carbocycles. The van der Waals surface area contributed by atoms with Gasteiger partial charge in [0.1, 0.15) is 0 Å². The first-order chi connectivity index (χ1) is 15.6. The molecule has 0 aliphatic rings. The van der Waals surface area contributed by atoms with Gasteiger partial charge in [-0.25, -0.2) is 0 Å². The predicted octanol–water partition coefficient (Wildman–Crippen LogP) is 9.06. The van der Waals surface area contributed by atoms with Crippen molar-refractivity contribution >= 4 is 30.9 Å². The lowest BCUT2D eigenvalue weighted by atomic mass is 10.0. The van der Waals surface area contributed by atoms with E-state index in [-0.39, 0.29) is 18.2 Å². The first-order valence-electron chi connectivity index (χ1n) is 13.9. The summed E-state index contributed by atoms with van der Waals surface area (Å²) in [6.45, 7) is 22.1. The molecule has 0 spiro atoms. The molecular formula is C27H58O4Si3. The minimum Gasteiger partial charge on any atom is -0.520 e. The highest BCUT2D eigenvalue weighted by Gasteiger charge is 2.22. The van der Waals surface area contributed by atoms with E-state index in [0.717, 1.165) is 25.7 Å². The van der Waals surface area contributed by atoms with Crippen molar-refractivity contribution in [3.63, 3.8) is 0 Å². The second kappa shape index (κ2) is 17.3. The van der Waals surface area contributed by atoms with Crippen LogP contribution in [0.15, 0.2) is 12.2 Å². The molecule has 4 nitrogen and oxygen atoms in total. The van der Waals surface area contributed by atoms with Gasteiger partial charge in [-0.3, -0.25) is 4.79 Å². The molecule has 0 amide bonds. The van der Waals surface area contributed by atoms with Gasteiger partial charge in [-0.2, -0.15) is 0 Å². The number of hydrogen-bond acceptors (Lipinski definition) is 4. The zero-order chi connectivity index (χ0) is 26.3. The Morgan fingerprint density at radius 3 is 1.44 bits per heavy atom. The Morgan fingerprint density at radius 1 is 0.618 bits per heavy atom. The van der Waals surface area contributed by atoms with Crippen molar-refractivity contribution in [1.29, 1.82) is 0 Å². The van der Waals surface area contributed by atoms with E-state index in [1.807, 2.05) is 0 Å². The fourth-order valence-electron chi connectivity index (χ4n) is 3.85. The highest BCUT2D eigenvalue weighted by molar-refractivity contribution is 6.71. The van der Waals surface area contributed by atoms with Crippen molar-refractivity contribution < 1.29 is 18.1 Å². The molecule has 0 fully saturated rings. The number of carbonyl (C=O) groups excluding carboxylic acids is 1. The van der Waals surface area contributed by atoms with Gasteiger partial charge in [-0.1, -0.05) is 70.4 Å². The lowest BCUT2D eigenvalue weighted by molar-refractivity contribution is -0.135. The maximum Gasteiger partial charge on any atom is 0.292 e. The Labute approximate surface area is 216 Å². The lowest BCUT2D eigenvalue weighted by Crippen LogP contribution is -2.33. The molecule has 202 valence electrons. The molecule has 0 radical (unpaired) electrons. The Balaban J connectivity index is 4.49. The SMILES string of the molecule is CCCCC[C@@H](/C=C/[C@H](CCCCCCCCC(=O)O[Si](C)(C)C)O[Si](C)(C)C)O[Si](C)(C)C. The average Bonchev–Trinajstić information content (AvgIpc) is 2.64. The van der Waals surface area contributed by atoms with Crippen molar-refractivity contribution in [3.8, 4) is 0 Å². The van der Waals surface area contributed by atoms with Crippen LogP contribution in [0.25, 0.3) is 0 Å². The van der Waals surface area contributed by atoms with Gasteiger partial charge < -0.3 is 13.3 Å². The molecule has 2 atom stereocenters. The second-order valence-corrected chi connectivity index (χ2v) is 26.0. The van der Waals surface area contributed by atoms with E-state index in [9.17, 15) is 4.79 Å². The van der Waals surface area contributed by atoms with Gasteiger partial charge in [0.25, 0.3) is 5.97 Å². The van der Waals surface area contributed by atoms with Crippen LogP contribution in [0.1, 0.15) is 84.0 Å². The summed E-state index contributed by atoms with van der Waals surface area (Å²) in [6.07, 6.45) is 18.4. The molecular weight excluding hydrogens is 473 g/mol. The Morgan fingerprint density at radius 2 is 1.03 bits per heavy atom. The largest absolute Gasteiger partial charge is 0.520 e. The number of unbranched alkanes of at least 4 members (excludes halogenated alkanes) is 7. The molecule has 34 heavy (non-hydrogen) atoms. The first kappa shape index (κ1) is 33.8. The van der Waals surface area contributed by atoms with E-state index in [2.05, 4.69) is 78.0 Å². The standard InChI is InChI=1S/C27H58O4Si3/c1-11-12-17-20-25(29-32(2,3)4)23-24-26(30-33(5,6)7)21-18-15-13-14-16-19-22-27(28)31-34(8,9)10/h23-26H,11-22H2,1-10H3/b24-23+/t25-,26-/m0/s1. The molecule has 0 saturated carbocycles. The predicted molar refractivity (Wildman–Crippen MR) is 156 cm³/mol. The molecule has 0 aliphatic heterocycles. The van der Waals surface area contributed by atoms with Gasteiger partial charge in [0.15, 0.2) is 16.6 Å². The zero-order valence-electron chi connectivity index (χ0n) is 24.4. The summed E-state index contributed by atoms with van der Waals surface area (Å²) in [5.74, 6) is -0.0107. The molecule has 7 heteroatoms. The highest BCUT2D eigenvalue weighted by Crippen LogP contribution is 2.19. The van der Waals surface area contributed by atoms with E-state index in [4.69, 9.17) is 13.3 Å². The minimum atomic E-state index is -1.74. The number of carbonyl (C=O) groups is 1. The van der Waals surface area contributed by atoms with Crippen LogP contribution in [0.3, 0.4) is 0 Å². The molecule has 0 N–H and O–H groups in total. The summed E-state index contributed by atoms with van der Waals surface area (Å²) in [4.78, 5) is 11.8. The van der Waals surface area contributed by atoms with Crippen molar-refractivity contribution in [2.75, 3.05) is 0 Å². The lowest BCUT2D eigenvalue weighted by Gasteiger charge is -2.27. The van der Waals surface area contributed by atoms with E-state index < -0.39 is 25.0 Å². The van der Waals surface area contributed by atoms with Gasteiger partial charge >= 0.3 is 0 Å². The van der Waals surface area contributed by atoms with E-state index in [1.165, 1.54) is 44.9 Å². The molecule has 0 aromatic rings. The Bertz CT molecular complexity index is 560. The summed E-state index contributed by atoms with van der Waals surface area (Å²) >= 11 is 0. The van der Waals surface area contributed by atoms with Gasteiger partial charge in [-0.15, -0.1) is 0 Å². The summed E-state index contributed by atoms with van der Waals surface area (Å²) in [5.41, 5.74) is 0. The van der Waals surface area contributed by atoms with Crippen LogP contribution in [0.5, 0.6) is 0 Å². The topological polar surface area (TPSA) is 44.8 Å². The Kier molecular flexibility index (Phi) is 17.2. The maximum atomic E-state index is 11.8. The molecule has 0 aromatic heterocycles. The molecule has 0 bridgehead atoms. The third kappa shape index (κ3) is 23.5. The summed E-state index contributed by atoms with van der Waals surface area (Å²) in [5, 5.41) is 0. The number of rotatable bonds is 20. The zero-order valence-corrected chi connectivity index (χ0v) is 27.4. The van der Waals surface area contributed by atoms with Crippen LogP contribution in [-0.4, -0.2) is 43.1 Å². The third-order valence-corrected chi connectivity index (χ3v) is 8.04. The minimum absolute atomic E-state index is 0.0107. The summed E-state index contributed by atoms with van der Waals surface area (Å²) < 4.78 is 18.5. The van der Waals surface area contributed by atoms with E-state index in [0.29, 0.717) is 6.42 Å². The van der Waals surface area contributed by atoms with Crippen LogP contribution in [-0.2, 0) is 18.1 Å². The number of hydrogen-bond donors (Lipinski definition) is 0. The first-order valence-corrected chi connectivity index (χ1v) is 24.1. The van der Waals surface area contributed by atoms with Crippen molar-refractivity contribution in [3.05, 3.63) is 12.2 Å². The highest BCUT2D eigenvalue weighted by atomic mass is 28.4. The molecule has 0 heterocycles. The smallest absolute Gasteiger partial charge is 0.292 e. The van der Waals surface area contributed by atoms with Crippen molar-refractivity contribution in [2.24, 2.45) is 0 Å². The second-order valence-electron chi connectivity index (χ2n) is 12.7. The molecule has 0 unspecified atom stereocenters. The van der Waals surface area contributed by atoms with Crippen LogP contribution in [0, 0.1) is 0 Å².